The number of nitrogens with zero attached hydrogens (tertiary/aromatic N) is 3. The quantitative estimate of drug-likeness (QED) is 0.524. The van der Waals surface area contributed by atoms with Gasteiger partial charge in [-0.3, -0.25) is 4.98 Å². The van der Waals surface area contributed by atoms with Gasteiger partial charge in [0.15, 0.2) is 0 Å². The molecule has 28 heavy (non-hydrogen) atoms. The Morgan fingerprint density at radius 2 is 1.82 bits per heavy atom. The van der Waals surface area contributed by atoms with Crippen LogP contribution in [0.3, 0.4) is 0 Å². The van der Waals surface area contributed by atoms with Gasteiger partial charge in [-0.25, -0.2) is 9.97 Å². The Balaban J connectivity index is 1.54. The number of anilines is 1. The summed E-state index contributed by atoms with van der Waals surface area (Å²) >= 11 is 0. The summed E-state index contributed by atoms with van der Waals surface area (Å²) in [6.07, 6.45) is 8.79. The first kappa shape index (κ1) is 16.6. The minimum absolute atomic E-state index is 0.148. The Hall–Kier alpha value is -3.53. The Kier molecular flexibility index (Phi) is 4.09. The second-order valence-electron chi connectivity index (χ2n) is 7.10. The van der Waals surface area contributed by atoms with E-state index in [1.807, 2.05) is 18.3 Å². The second-order valence-corrected chi connectivity index (χ2v) is 7.10. The molecule has 5 rings (SSSR count). The van der Waals surface area contributed by atoms with Crippen molar-refractivity contribution in [3.05, 3.63) is 90.0 Å². The maximum absolute atomic E-state index is 4.62. The highest BCUT2D eigenvalue weighted by molar-refractivity contribution is 5.92. The van der Waals surface area contributed by atoms with Crippen LogP contribution in [0.15, 0.2) is 73.2 Å². The molecule has 0 radical (unpaired) electrons. The molecule has 1 N–H and O–H groups in total. The normalized spacial score (nSPS) is 13.5. The largest absolute Gasteiger partial charge is 0.363 e. The third-order valence-electron chi connectivity index (χ3n) is 5.23. The van der Waals surface area contributed by atoms with Crippen LogP contribution in [0.1, 0.15) is 29.8 Å². The van der Waals surface area contributed by atoms with Crippen molar-refractivity contribution in [3.63, 3.8) is 0 Å². The van der Waals surface area contributed by atoms with E-state index in [0.29, 0.717) is 0 Å². The third kappa shape index (κ3) is 3.03. The van der Waals surface area contributed by atoms with Gasteiger partial charge in [0.25, 0.3) is 0 Å². The van der Waals surface area contributed by atoms with Crippen molar-refractivity contribution in [3.8, 4) is 11.1 Å². The van der Waals surface area contributed by atoms with Crippen molar-refractivity contribution < 1.29 is 0 Å². The zero-order valence-electron chi connectivity index (χ0n) is 15.6. The van der Waals surface area contributed by atoms with E-state index in [1.54, 1.807) is 6.33 Å². The molecule has 4 nitrogen and oxygen atoms in total. The number of nitrogens with one attached hydrogen (secondary N) is 1. The van der Waals surface area contributed by atoms with Crippen LogP contribution >= 0.6 is 0 Å². The molecule has 0 aliphatic heterocycles. The Bertz CT molecular complexity index is 1180. The summed E-state index contributed by atoms with van der Waals surface area (Å²) in [5.41, 5.74) is 6.73. The third-order valence-corrected chi connectivity index (χ3v) is 5.23. The van der Waals surface area contributed by atoms with Crippen LogP contribution in [-0.2, 0) is 6.42 Å². The zero-order valence-corrected chi connectivity index (χ0v) is 15.6. The first-order valence-corrected chi connectivity index (χ1v) is 9.50. The molecule has 0 saturated carbocycles. The van der Waals surface area contributed by atoms with Gasteiger partial charge in [-0.2, -0.15) is 0 Å². The predicted molar refractivity (Wildman–Crippen MR) is 114 cm³/mol. The SMILES string of the molecule is CC(Nc1ncnc2ccc(-c3cnc4c(c3)C=CC4)cc12)c1ccccc1. The lowest BCUT2D eigenvalue weighted by molar-refractivity contribution is 0.876. The highest BCUT2D eigenvalue weighted by Crippen LogP contribution is 2.30. The molecule has 2 heterocycles. The molecule has 0 spiro atoms. The molecule has 136 valence electrons. The maximum atomic E-state index is 4.62. The van der Waals surface area contributed by atoms with Gasteiger partial charge in [0.1, 0.15) is 12.1 Å². The van der Waals surface area contributed by atoms with Crippen molar-refractivity contribution in [1.82, 2.24) is 15.0 Å². The van der Waals surface area contributed by atoms with E-state index < -0.39 is 0 Å². The van der Waals surface area contributed by atoms with Crippen molar-refractivity contribution in [1.29, 1.82) is 0 Å². The van der Waals surface area contributed by atoms with Gasteiger partial charge in [-0.15, -0.1) is 0 Å². The zero-order chi connectivity index (χ0) is 18.9. The van der Waals surface area contributed by atoms with Gasteiger partial charge < -0.3 is 5.32 Å². The molecule has 1 atom stereocenters. The molecule has 1 aliphatic rings. The number of rotatable bonds is 4. The van der Waals surface area contributed by atoms with Crippen LogP contribution in [0.4, 0.5) is 5.82 Å². The standard InChI is InChI=1S/C24H20N4/c1-16(17-6-3-2-4-7-17)28-24-21-13-18(10-11-23(21)26-15-27-24)20-12-19-8-5-9-22(19)25-14-20/h2-8,10-16H,9H2,1H3,(H,26,27,28). The van der Waals surface area contributed by atoms with Crippen LogP contribution in [0.5, 0.6) is 0 Å². The number of hydrogen-bond acceptors (Lipinski definition) is 4. The van der Waals surface area contributed by atoms with Gasteiger partial charge in [-0.1, -0.05) is 48.6 Å². The van der Waals surface area contributed by atoms with Crippen LogP contribution in [0, 0.1) is 0 Å². The highest BCUT2D eigenvalue weighted by atomic mass is 15.0. The minimum atomic E-state index is 0.148. The van der Waals surface area contributed by atoms with Gasteiger partial charge >= 0.3 is 0 Å². The molecule has 4 heteroatoms. The van der Waals surface area contributed by atoms with Crippen molar-refractivity contribution in [2.75, 3.05) is 5.32 Å². The fraction of sp³-hybridized carbons (Fsp3) is 0.125. The molecule has 1 aliphatic carbocycles. The topological polar surface area (TPSA) is 50.7 Å². The average molecular weight is 364 g/mol. The number of hydrogen-bond donors (Lipinski definition) is 1. The monoisotopic (exact) mass is 364 g/mol. The fourth-order valence-electron chi connectivity index (χ4n) is 3.66. The Labute approximate surface area is 164 Å². The lowest BCUT2D eigenvalue weighted by Gasteiger charge is -2.16. The van der Waals surface area contributed by atoms with Gasteiger partial charge in [0, 0.05) is 29.6 Å². The molecule has 2 aromatic carbocycles. The lowest BCUT2D eigenvalue weighted by atomic mass is 10.0. The maximum Gasteiger partial charge on any atom is 0.137 e. The van der Waals surface area contributed by atoms with Crippen molar-refractivity contribution in [2.45, 2.75) is 19.4 Å². The van der Waals surface area contributed by atoms with Crippen LogP contribution in [0.2, 0.25) is 0 Å². The number of fused-ring (bicyclic) bond motifs is 2. The van der Waals surface area contributed by atoms with E-state index in [-0.39, 0.29) is 6.04 Å². The average Bonchev–Trinajstić information content (AvgIpc) is 3.22. The fourth-order valence-corrected chi connectivity index (χ4v) is 3.66. The van der Waals surface area contributed by atoms with Crippen molar-refractivity contribution >= 4 is 22.8 Å². The molecule has 0 fully saturated rings. The minimum Gasteiger partial charge on any atom is -0.363 e. The molecule has 0 saturated heterocycles. The number of aromatic nitrogens is 3. The smallest absolute Gasteiger partial charge is 0.137 e. The van der Waals surface area contributed by atoms with E-state index in [1.165, 1.54) is 11.1 Å². The van der Waals surface area contributed by atoms with Gasteiger partial charge in [-0.05, 0) is 41.8 Å². The van der Waals surface area contributed by atoms with Gasteiger partial charge in [0.2, 0.25) is 0 Å². The highest BCUT2D eigenvalue weighted by Gasteiger charge is 2.12. The number of benzene rings is 2. The Morgan fingerprint density at radius 3 is 2.71 bits per heavy atom. The molecule has 0 amide bonds. The van der Waals surface area contributed by atoms with E-state index in [0.717, 1.165) is 40.0 Å². The lowest BCUT2D eigenvalue weighted by Crippen LogP contribution is -2.08. The molecule has 2 aromatic heterocycles. The van der Waals surface area contributed by atoms with E-state index in [4.69, 9.17) is 0 Å². The van der Waals surface area contributed by atoms with E-state index in [2.05, 4.69) is 81.8 Å². The summed E-state index contributed by atoms with van der Waals surface area (Å²) < 4.78 is 0. The number of allylic oxidation sites excluding steroid dienone is 1. The number of pyridine rings is 1. The van der Waals surface area contributed by atoms with Crippen LogP contribution < -0.4 is 5.32 Å². The molecule has 1 unspecified atom stereocenters. The Morgan fingerprint density at radius 1 is 0.929 bits per heavy atom. The van der Waals surface area contributed by atoms with E-state index >= 15 is 0 Å². The summed E-state index contributed by atoms with van der Waals surface area (Å²) in [5, 5.41) is 4.56. The molecular weight excluding hydrogens is 344 g/mol. The second kappa shape index (κ2) is 6.89. The predicted octanol–water partition coefficient (Wildman–Crippen LogP) is 5.43. The summed E-state index contributed by atoms with van der Waals surface area (Å²) in [7, 11) is 0. The molecule has 0 bridgehead atoms. The first-order valence-electron chi connectivity index (χ1n) is 9.50. The summed E-state index contributed by atoms with van der Waals surface area (Å²) in [4.78, 5) is 13.6. The van der Waals surface area contributed by atoms with Crippen molar-refractivity contribution in [2.24, 2.45) is 0 Å². The van der Waals surface area contributed by atoms with Gasteiger partial charge in [0.05, 0.1) is 11.2 Å². The van der Waals surface area contributed by atoms with Crippen LogP contribution in [-0.4, -0.2) is 15.0 Å². The first-order chi connectivity index (χ1) is 13.8. The summed E-state index contributed by atoms with van der Waals surface area (Å²) in [6.45, 7) is 2.14. The molecular formula is C24H20N4. The van der Waals surface area contributed by atoms with Crippen LogP contribution in [0.25, 0.3) is 28.1 Å². The summed E-state index contributed by atoms with van der Waals surface area (Å²) in [6, 6.07) is 19.0. The summed E-state index contributed by atoms with van der Waals surface area (Å²) in [5.74, 6) is 0.845. The van der Waals surface area contributed by atoms with E-state index in [9.17, 15) is 0 Å². The molecule has 4 aromatic rings.